The van der Waals surface area contributed by atoms with Gasteiger partial charge < -0.3 is 27.9 Å². The number of hydrogen-bond acceptors (Lipinski definition) is 8. The summed E-state index contributed by atoms with van der Waals surface area (Å²) in [7, 11) is 1.17. The molecule has 0 aromatic heterocycles. The Morgan fingerprint density at radius 3 is 1.47 bits per heavy atom. The molecule has 0 fully saturated rings. The second-order valence-corrected chi connectivity index (χ2v) is 17.8. The second kappa shape index (κ2) is 38.0. The second-order valence-electron chi connectivity index (χ2n) is 16.4. The van der Waals surface area contributed by atoms with Crippen LogP contribution in [0, 0.1) is 0 Å². The van der Waals surface area contributed by atoms with Gasteiger partial charge in [0.05, 0.1) is 27.7 Å². The maximum Gasteiger partial charge on any atom is 0.306 e. The third kappa shape index (κ3) is 41.9. The monoisotopic (exact) mass is 800 g/mol. The van der Waals surface area contributed by atoms with E-state index in [1.807, 2.05) is 21.1 Å². The summed E-state index contributed by atoms with van der Waals surface area (Å²) >= 11 is 0. The minimum atomic E-state index is -4.62. The highest BCUT2D eigenvalue weighted by Gasteiger charge is 2.21. The Bertz CT molecular complexity index is 996. The number of carbonyl (C=O) groups excluding carboxylic acids is 2. The Balaban J connectivity index is 4.34. The van der Waals surface area contributed by atoms with Gasteiger partial charge in [-0.1, -0.05) is 167 Å². The molecule has 324 valence electrons. The Morgan fingerprint density at radius 1 is 0.564 bits per heavy atom. The Morgan fingerprint density at radius 2 is 0.982 bits per heavy atom. The molecule has 0 aromatic carbocycles. The number of phosphoric acid groups is 1. The summed E-state index contributed by atoms with van der Waals surface area (Å²) in [4.78, 5) is 37.5. The van der Waals surface area contributed by atoms with Crippen LogP contribution >= 0.6 is 7.82 Å². The van der Waals surface area contributed by atoms with Gasteiger partial charge in [-0.05, 0) is 44.9 Å². The maximum absolute atomic E-state index is 12.7. The number of unbranched alkanes of at least 4 members (excludes halogenated alkanes) is 23. The molecule has 10 heteroatoms. The number of quaternary nitrogens is 1. The molecule has 0 bridgehead atoms. The van der Waals surface area contributed by atoms with Gasteiger partial charge in [0.2, 0.25) is 0 Å². The van der Waals surface area contributed by atoms with Crippen LogP contribution in [0.1, 0.15) is 200 Å². The van der Waals surface area contributed by atoms with Gasteiger partial charge >= 0.3 is 11.9 Å². The van der Waals surface area contributed by atoms with Gasteiger partial charge in [-0.25, -0.2) is 0 Å². The van der Waals surface area contributed by atoms with Crippen molar-refractivity contribution < 1.29 is 42.1 Å². The maximum atomic E-state index is 12.7. The molecule has 0 saturated heterocycles. The zero-order valence-corrected chi connectivity index (χ0v) is 37.3. The number of nitrogens with zero attached hydrogens (tertiary/aromatic N) is 1. The van der Waals surface area contributed by atoms with Crippen molar-refractivity contribution in [2.24, 2.45) is 0 Å². The van der Waals surface area contributed by atoms with E-state index in [0.717, 1.165) is 51.4 Å². The summed E-state index contributed by atoms with van der Waals surface area (Å²) in [5.74, 6) is -0.836. The first-order valence-electron chi connectivity index (χ1n) is 22.5. The minimum absolute atomic E-state index is 0.0307. The molecule has 2 atom stereocenters. The smallest absolute Gasteiger partial charge is 0.306 e. The largest absolute Gasteiger partial charge is 0.756 e. The standard InChI is InChI=1S/C45H86NO8P/c1-6-8-10-12-14-16-18-20-22-23-24-26-28-30-32-34-36-38-45(48)54-43(42-53-55(49,50)52-40-39-46(3,4)5)41-51-44(47)37-35-33-31-29-27-25-21-19-17-15-13-11-9-7-2/h14,16,20,22,43H,6-13,15,17-19,21,23-42H2,1-5H3/b16-14-,22-20-. The van der Waals surface area contributed by atoms with Crippen LogP contribution in [0.25, 0.3) is 0 Å². The molecule has 0 aliphatic rings. The molecular weight excluding hydrogens is 713 g/mol. The normalized spacial score (nSPS) is 13.8. The Hall–Kier alpha value is -1.51. The van der Waals surface area contributed by atoms with Gasteiger partial charge in [-0.15, -0.1) is 0 Å². The van der Waals surface area contributed by atoms with Crippen molar-refractivity contribution in [1.82, 2.24) is 0 Å². The zero-order valence-electron chi connectivity index (χ0n) is 36.4. The SMILES string of the molecule is CCCCC/C=C\C/C=C\CCCCCCCCCC(=O)OC(COC(=O)CCCCCCCCCCCCCCCC)COP(=O)([O-])OCC[N+](C)(C)C. The van der Waals surface area contributed by atoms with Gasteiger partial charge in [0.15, 0.2) is 6.10 Å². The topological polar surface area (TPSA) is 111 Å². The number of carbonyl (C=O) groups is 2. The van der Waals surface area contributed by atoms with Crippen molar-refractivity contribution in [2.75, 3.05) is 47.5 Å². The molecule has 0 radical (unpaired) electrons. The van der Waals surface area contributed by atoms with E-state index in [9.17, 15) is 19.0 Å². The molecule has 0 heterocycles. The lowest BCUT2D eigenvalue weighted by Gasteiger charge is -2.28. The quantitative estimate of drug-likeness (QED) is 0.0198. The molecule has 0 amide bonds. The highest BCUT2D eigenvalue weighted by Crippen LogP contribution is 2.38. The third-order valence-electron chi connectivity index (χ3n) is 9.72. The van der Waals surface area contributed by atoms with E-state index < -0.39 is 26.5 Å². The molecule has 55 heavy (non-hydrogen) atoms. The Kier molecular flexibility index (Phi) is 37.0. The fourth-order valence-electron chi connectivity index (χ4n) is 6.16. The van der Waals surface area contributed by atoms with E-state index in [4.69, 9.17) is 18.5 Å². The van der Waals surface area contributed by atoms with Crippen LogP contribution in [0.4, 0.5) is 0 Å². The number of likely N-dealkylation sites (N-methyl/N-ethyl adjacent to an activating group) is 1. The summed E-state index contributed by atoms with van der Waals surface area (Å²) < 4.78 is 33.9. The summed E-state index contributed by atoms with van der Waals surface area (Å²) in [6, 6.07) is 0. The van der Waals surface area contributed by atoms with Gasteiger partial charge in [-0.2, -0.15) is 0 Å². The third-order valence-corrected chi connectivity index (χ3v) is 10.7. The predicted octanol–water partition coefficient (Wildman–Crippen LogP) is 12.1. The van der Waals surface area contributed by atoms with E-state index in [1.165, 1.54) is 116 Å². The first kappa shape index (κ1) is 53.5. The van der Waals surface area contributed by atoms with Crippen molar-refractivity contribution in [3.63, 3.8) is 0 Å². The van der Waals surface area contributed by atoms with E-state index in [1.54, 1.807) is 0 Å². The molecule has 9 nitrogen and oxygen atoms in total. The van der Waals surface area contributed by atoms with Crippen LogP contribution in [0.3, 0.4) is 0 Å². The highest BCUT2D eigenvalue weighted by molar-refractivity contribution is 7.45. The first-order chi connectivity index (χ1) is 26.5. The highest BCUT2D eigenvalue weighted by atomic mass is 31.2. The number of rotatable bonds is 41. The first-order valence-corrected chi connectivity index (χ1v) is 24.0. The number of hydrogen-bond donors (Lipinski definition) is 0. The van der Waals surface area contributed by atoms with Crippen LogP contribution in [0.15, 0.2) is 24.3 Å². The summed E-state index contributed by atoms with van der Waals surface area (Å²) in [6.07, 6.45) is 40.5. The zero-order chi connectivity index (χ0) is 40.7. The van der Waals surface area contributed by atoms with Crippen LogP contribution in [0.2, 0.25) is 0 Å². The lowest BCUT2D eigenvalue weighted by molar-refractivity contribution is -0.870. The minimum Gasteiger partial charge on any atom is -0.756 e. The average Bonchev–Trinajstić information content (AvgIpc) is 3.13. The fraction of sp³-hybridized carbons (Fsp3) is 0.867. The van der Waals surface area contributed by atoms with Crippen LogP contribution < -0.4 is 4.89 Å². The fourth-order valence-corrected chi connectivity index (χ4v) is 6.88. The number of phosphoric ester groups is 1. The van der Waals surface area contributed by atoms with Gasteiger partial charge in [0, 0.05) is 12.8 Å². The number of esters is 2. The molecule has 0 aliphatic heterocycles. The molecule has 2 unspecified atom stereocenters. The molecule has 0 aromatic rings. The van der Waals surface area contributed by atoms with Crippen LogP contribution in [0.5, 0.6) is 0 Å². The molecule has 0 spiro atoms. The van der Waals surface area contributed by atoms with Crippen molar-refractivity contribution in [1.29, 1.82) is 0 Å². The van der Waals surface area contributed by atoms with Crippen molar-refractivity contribution in [2.45, 2.75) is 206 Å². The van der Waals surface area contributed by atoms with Gasteiger partial charge in [-0.3, -0.25) is 14.2 Å². The Labute approximate surface area is 339 Å². The van der Waals surface area contributed by atoms with Gasteiger partial charge in [0.25, 0.3) is 7.82 Å². The van der Waals surface area contributed by atoms with E-state index in [2.05, 4.69) is 38.2 Å². The summed E-state index contributed by atoms with van der Waals surface area (Å²) in [5.41, 5.74) is 0. The average molecular weight is 800 g/mol. The van der Waals surface area contributed by atoms with Crippen LogP contribution in [-0.4, -0.2) is 70.0 Å². The molecule has 0 saturated carbocycles. The van der Waals surface area contributed by atoms with E-state index >= 15 is 0 Å². The predicted molar refractivity (Wildman–Crippen MR) is 227 cm³/mol. The van der Waals surface area contributed by atoms with Crippen molar-refractivity contribution in [3.8, 4) is 0 Å². The summed E-state index contributed by atoms with van der Waals surface area (Å²) in [5, 5.41) is 0. The van der Waals surface area contributed by atoms with Crippen molar-refractivity contribution >= 4 is 19.8 Å². The van der Waals surface area contributed by atoms with Crippen LogP contribution in [-0.2, 0) is 32.7 Å². The summed E-state index contributed by atoms with van der Waals surface area (Å²) in [6.45, 7) is 4.21. The molecule has 0 aliphatic carbocycles. The number of ether oxygens (including phenoxy) is 2. The van der Waals surface area contributed by atoms with Gasteiger partial charge in [0.1, 0.15) is 19.8 Å². The van der Waals surface area contributed by atoms with E-state index in [-0.39, 0.29) is 32.0 Å². The molecular formula is C45H86NO8P. The molecule has 0 N–H and O–H groups in total. The lowest BCUT2D eigenvalue weighted by atomic mass is 10.0. The van der Waals surface area contributed by atoms with E-state index in [0.29, 0.717) is 17.4 Å². The lowest BCUT2D eigenvalue weighted by Crippen LogP contribution is -2.37. The number of allylic oxidation sites excluding steroid dienone is 4. The molecule has 0 rings (SSSR count). The van der Waals surface area contributed by atoms with Crippen molar-refractivity contribution in [3.05, 3.63) is 24.3 Å².